The zero-order valence-corrected chi connectivity index (χ0v) is 16.1. The van der Waals surface area contributed by atoms with Gasteiger partial charge in [0.25, 0.3) is 5.91 Å². The van der Waals surface area contributed by atoms with Crippen LogP contribution in [-0.4, -0.2) is 50.9 Å². The number of benzene rings is 1. The van der Waals surface area contributed by atoms with Gasteiger partial charge < -0.3 is 15.0 Å². The maximum Gasteiger partial charge on any atom is 0.272 e. The Morgan fingerprint density at radius 3 is 2.64 bits per heavy atom. The molecule has 0 atom stereocenters. The van der Waals surface area contributed by atoms with Gasteiger partial charge in [-0.15, -0.1) is 0 Å². The van der Waals surface area contributed by atoms with Crippen molar-refractivity contribution < 1.29 is 14.3 Å². The molecule has 2 heterocycles. The third-order valence-corrected chi connectivity index (χ3v) is 5.60. The van der Waals surface area contributed by atoms with Crippen LogP contribution in [0, 0.1) is 6.92 Å². The number of amides is 2. The number of rotatable bonds is 6. The zero-order valence-electron chi connectivity index (χ0n) is 16.1. The molecule has 28 heavy (non-hydrogen) atoms. The van der Waals surface area contributed by atoms with E-state index in [2.05, 4.69) is 34.3 Å². The number of hydrogen-bond donors (Lipinski definition) is 1. The summed E-state index contributed by atoms with van der Waals surface area (Å²) in [5, 5.41) is 3.09. The Morgan fingerprint density at radius 1 is 1.25 bits per heavy atom. The Morgan fingerprint density at radius 2 is 2.04 bits per heavy atom. The fraction of sp³-hybridized carbons (Fsp3) is 0.429. The molecule has 2 aliphatic rings. The topological polar surface area (TPSA) is 84.4 Å². The van der Waals surface area contributed by atoms with Crippen LogP contribution in [0.4, 0.5) is 0 Å². The highest BCUT2D eigenvalue weighted by Gasteiger charge is 2.67. The molecule has 2 fully saturated rings. The summed E-state index contributed by atoms with van der Waals surface area (Å²) in [6.45, 7) is 4.89. The van der Waals surface area contributed by atoms with Crippen LogP contribution < -0.4 is 5.32 Å². The van der Waals surface area contributed by atoms with Crippen molar-refractivity contribution in [3.8, 4) is 0 Å². The molecule has 0 spiro atoms. The van der Waals surface area contributed by atoms with Gasteiger partial charge in [-0.2, -0.15) is 0 Å². The van der Waals surface area contributed by atoms with Crippen molar-refractivity contribution in [3.05, 3.63) is 59.7 Å². The minimum Gasteiger partial charge on any atom is -0.368 e. The Bertz CT molecular complexity index is 890. The Balaban J connectivity index is 1.48. The normalized spacial score (nSPS) is 18.9. The van der Waals surface area contributed by atoms with Gasteiger partial charge in [-0.05, 0) is 31.4 Å². The van der Waals surface area contributed by atoms with E-state index in [1.165, 1.54) is 18.8 Å². The average molecular weight is 380 g/mol. The molecule has 0 unspecified atom stereocenters. The second kappa shape index (κ2) is 6.98. The highest BCUT2D eigenvalue weighted by atomic mass is 16.5. The molecule has 2 amide bonds. The number of aryl methyl sites for hydroxylation is 1. The number of hydrogen-bond acceptors (Lipinski definition) is 5. The van der Waals surface area contributed by atoms with Gasteiger partial charge in [0.05, 0.1) is 12.2 Å². The molecular weight excluding hydrogens is 356 g/mol. The summed E-state index contributed by atoms with van der Waals surface area (Å²) in [6.07, 6.45) is 4.65. The minimum atomic E-state index is -0.550. The van der Waals surface area contributed by atoms with Crippen molar-refractivity contribution in [1.82, 2.24) is 20.2 Å². The largest absolute Gasteiger partial charge is 0.368 e. The number of likely N-dealkylation sites (tertiary alicyclic amines) is 1. The monoisotopic (exact) mass is 380 g/mol. The number of nitrogens with zero attached hydrogens (tertiary/aromatic N) is 3. The molecule has 1 N–H and O–H groups in total. The van der Waals surface area contributed by atoms with E-state index in [-0.39, 0.29) is 11.8 Å². The molecule has 0 radical (unpaired) electrons. The van der Waals surface area contributed by atoms with E-state index in [0.717, 1.165) is 18.4 Å². The Hall–Kier alpha value is -2.80. The summed E-state index contributed by atoms with van der Waals surface area (Å²) in [5.74, 6) is -0.266. The molecule has 2 aromatic rings. The van der Waals surface area contributed by atoms with Crippen molar-refractivity contribution in [3.63, 3.8) is 0 Å². The van der Waals surface area contributed by atoms with E-state index in [9.17, 15) is 9.59 Å². The average Bonchev–Trinajstić information content (AvgIpc) is 3.44. The summed E-state index contributed by atoms with van der Waals surface area (Å²) in [7, 11) is 0. The third kappa shape index (κ3) is 3.38. The van der Waals surface area contributed by atoms with E-state index in [1.54, 1.807) is 17.2 Å². The standard InChI is InChI=1S/C21H24N4O3/c1-15-4-3-5-17(10-15)11-28-21(7-8-21)20(24-16(2)26)12-25(13-20)19(27)18-6-9-22-14-23-18/h3-6,9-10,14H,7-8,11-13H2,1-2H3,(H,24,26). The lowest BCUT2D eigenvalue weighted by molar-refractivity contribution is -0.135. The summed E-state index contributed by atoms with van der Waals surface area (Å²) in [4.78, 5) is 34.1. The lowest BCUT2D eigenvalue weighted by atomic mass is 9.81. The maximum absolute atomic E-state index is 12.6. The minimum absolute atomic E-state index is 0.112. The second-order valence-corrected chi connectivity index (χ2v) is 7.79. The predicted octanol–water partition coefficient (Wildman–Crippen LogP) is 1.87. The first kappa shape index (κ1) is 18.6. The van der Waals surface area contributed by atoms with Crippen LogP contribution in [0.5, 0.6) is 0 Å². The fourth-order valence-corrected chi connectivity index (χ4v) is 4.04. The quantitative estimate of drug-likeness (QED) is 0.827. The Labute approximate surface area is 164 Å². The molecule has 1 saturated heterocycles. The molecule has 1 aliphatic heterocycles. The molecule has 7 nitrogen and oxygen atoms in total. The van der Waals surface area contributed by atoms with Crippen LogP contribution in [0.2, 0.25) is 0 Å². The van der Waals surface area contributed by atoms with Crippen LogP contribution in [0.25, 0.3) is 0 Å². The van der Waals surface area contributed by atoms with Crippen molar-refractivity contribution in [2.24, 2.45) is 0 Å². The molecule has 1 aromatic carbocycles. The first-order valence-corrected chi connectivity index (χ1v) is 9.47. The SMILES string of the molecule is CC(=O)NC1(C2(OCc3cccc(C)c3)CC2)CN(C(=O)c2ccncn2)C1. The molecule has 1 saturated carbocycles. The summed E-state index contributed by atoms with van der Waals surface area (Å²) in [6, 6.07) is 9.81. The van der Waals surface area contributed by atoms with Crippen LogP contribution in [0.15, 0.2) is 42.9 Å². The van der Waals surface area contributed by atoms with Gasteiger partial charge in [0.15, 0.2) is 0 Å². The van der Waals surface area contributed by atoms with Gasteiger partial charge in [-0.1, -0.05) is 29.8 Å². The molecule has 146 valence electrons. The van der Waals surface area contributed by atoms with Crippen LogP contribution in [-0.2, 0) is 16.1 Å². The van der Waals surface area contributed by atoms with Gasteiger partial charge >= 0.3 is 0 Å². The molecule has 0 bridgehead atoms. The number of ether oxygens (including phenoxy) is 1. The van der Waals surface area contributed by atoms with E-state index >= 15 is 0 Å². The highest BCUT2D eigenvalue weighted by molar-refractivity contribution is 5.93. The van der Waals surface area contributed by atoms with E-state index in [0.29, 0.717) is 25.4 Å². The number of nitrogens with one attached hydrogen (secondary N) is 1. The van der Waals surface area contributed by atoms with E-state index in [4.69, 9.17) is 4.74 Å². The van der Waals surface area contributed by atoms with Gasteiger partial charge in [0.2, 0.25) is 5.91 Å². The van der Waals surface area contributed by atoms with Crippen molar-refractivity contribution in [1.29, 1.82) is 0 Å². The molecule has 4 rings (SSSR count). The molecular formula is C21H24N4O3. The zero-order chi connectivity index (χ0) is 19.8. The smallest absolute Gasteiger partial charge is 0.272 e. The van der Waals surface area contributed by atoms with Crippen LogP contribution in [0.1, 0.15) is 41.4 Å². The van der Waals surface area contributed by atoms with Crippen molar-refractivity contribution >= 4 is 11.8 Å². The molecule has 1 aromatic heterocycles. The van der Waals surface area contributed by atoms with Gasteiger partial charge in [-0.25, -0.2) is 9.97 Å². The number of carbonyl (C=O) groups excluding carboxylic acids is 2. The molecule has 1 aliphatic carbocycles. The van der Waals surface area contributed by atoms with Crippen molar-refractivity contribution in [2.45, 2.75) is 44.4 Å². The lowest BCUT2D eigenvalue weighted by Crippen LogP contribution is -2.77. The number of carbonyl (C=O) groups is 2. The van der Waals surface area contributed by atoms with Crippen LogP contribution in [0.3, 0.4) is 0 Å². The van der Waals surface area contributed by atoms with Crippen LogP contribution >= 0.6 is 0 Å². The lowest BCUT2D eigenvalue weighted by Gasteiger charge is -2.54. The van der Waals surface area contributed by atoms with Crippen molar-refractivity contribution in [2.75, 3.05) is 13.1 Å². The highest BCUT2D eigenvalue weighted by Crippen LogP contribution is 2.52. The maximum atomic E-state index is 12.6. The van der Waals surface area contributed by atoms with Gasteiger partial charge in [0, 0.05) is 26.2 Å². The molecule has 7 heteroatoms. The van der Waals surface area contributed by atoms with Gasteiger partial charge in [-0.3, -0.25) is 9.59 Å². The second-order valence-electron chi connectivity index (χ2n) is 7.79. The predicted molar refractivity (Wildman–Crippen MR) is 102 cm³/mol. The number of aromatic nitrogens is 2. The summed E-state index contributed by atoms with van der Waals surface area (Å²) >= 11 is 0. The first-order chi connectivity index (χ1) is 13.4. The van der Waals surface area contributed by atoms with Gasteiger partial charge in [0.1, 0.15) is 17.6 Å². The third-order valence-electron chi connectivity index (χ3n) is 5.60. The van der Waals surface area contributed by atoms with E-state index in [1.807, 2.05) is 12.1 Å². The van der Waals surface area contributed by atoms with E-state index < -0.39 is 11.1 Å². The summed E-state index contributed by atoms with van der Waals surface area (Å²) in [5.41, 5.74) is 1.68. The Kier molecular flexibility index (Phi) is 4.63. The summed E-state index contributed by atoms with van der Waals surface area (Å²) < 4.78 is 6.35. The first-order valence-electron chi connectivity index (χ1n) is 9.47. The fourth-order valence-electron chi connectivity index (χ4n) is 4.04.